The van der Waals surface area contributed by atoms with Crippen LogP contribution in [0.15, 0.2) is 60.7 Å². The molecule has 0 aliphatic carbocycles. The maximum atomic E-state index is 9.98. The van der Waals surface area contributed by atoms with Crippen LogP contribution in [0.25, 0.3) is 43.1 Å². The summed E-state index contributed by atoms with van der Waals surface area (Å²) in [5, 5.41) is 46.0. The molecular weight excluding hydrogens is 368 g/mol. The Balaban J connectivity index is 2.30. The molecule has 0 fully saturated rings. The maximum Gasteiger partial charge on any atom is 0.102 e. The number of rotatable bonds is 0. The van der Waals surface area contributed by atoms with E-state index in [0.29, 0.717) is 10.8 Å². The molecule has 0 aromatic heterocycles. The quantitative estimate of drug-likeness (QED) is 0.319. The zero-order valence-electron chi connectivity index (χ0n) is 15.6. The van der Waals surface area contributed by atoms with E-state index < -0.39 is 0 Å². The van der Waals surface area contributed by atoms with Gasteiger partial charge in [0, 0.05) is 10.8 Å². The summed E-state index contributed by atoms with van der Waals surface area (Å²) >= 11 is 0. The fraction of sp³-hybridized carbons (Fsp3) is 0. The molecule has 4 nitrogen and oxygen atoms in total. The van der Waals surface area contributed by atoms with Crippen molar-refractivity contribution in [2.24, 2.45) is 0 Å². The third-order valence-electron chi connectivity index (χ3n) is 5.61. The minimum absolute atomic E-state index is 0.0469. The third kappa shape index (κ3) is 2.05. The maximum absolute atomic E-state index is 9.98. The summed E-state index contributed by atoms with van der Waals surface area (Å²) in [4.78, 5) is 0. The zero-order valence-corrected chi connectivity index (χ0v) is 15.6. The van der Waals surface area contributed by atoms with E-state index in [0.717, 1.165) is 32.3 Å². The SMILES string of the molecule is N#Cc1c(C#N)c(C#N)c2c3ccc4ccccc4c3c3ccccc3c2c1C#N. The summed E-state index contributed by atoms with van der Waals surface area (Å²) in [6, 6.07) is 27.8. The lowest BCUT2D eigenvalue weighted by atomic mass is 9.84. The van der Waals surface area contributed by atoms with Gasteiger partial charge in [-0.2, -0.15) is 21.0 Å². The molecule has 134 valence electrons. The van der Waals surface area contributed by atoms with Gasteiger partial charge in [-0.05, 0) is 32.3 Å². The van der Waals surface area contributed by atoms with Gasteiger partial charge in [0.1, 0.15) is 24.3 Å². The Morgan fingerprint density at radius 1 is 0.400 bits per heavy atom. The number of nitrogens with zero attached hydrogens (tertiary/aromatic N) is 4. The highest BCUT2D eigenvalue weighted by Crippen LogP contribution is 2.43. The van der Waals surface area contributed by atoms with Gasteiger partial charge in [-0.1, -0.05) is 60.7 Å². The molecule has 0 aliphatic rings. The van der Waals surface area contributed by atoms with Gasteiger partial charge in [0.2, 0.25) is 0 Å². The summed E-state index contributed by atoms with van der Waals surface area (Å²) in [6.07, 6.45) is 0. The van der Waals surface area contributed by atoms with E-state index in [4.69, 9.17) is 0 Å². The van der Waals surface area contributed by atoms with Gasteiger partial charge in [0.15, 0.2) is 0 Å². The fourth-order valence-electron chi connectivity index (χ4n) is 4.43. The molecule has 0 aliphatic heterocycles. The van der Waals surface area contributed by atoms with Crippen molar-refractivity contribution in [1.29, 1.82) is 21.0 Å². The van der Waals surface area contributed by atoms with Gasteiger partial charge in [0.25, 0.3) is 0 Å². The molecule has 5 aromatic carbocycles. The standard InChI is InChI=1S/C26H10N4/c27-11-20-21(12-28)23(14-30)26-19-10-9-15-5-1-2-6-16(15)24(19)17-7-3-4-8-18(17)25(26)22(20)13-29/h1-10H. The summed E-state index contributed by atoms with van der Waals surface area (Å²) in [7, 11) is 0. The molecule has 0 saturated heterocycles. The molecule has 0 N–H and O–H groups in total. The Hall–Kier alpha value is -4.90. The van der Waals surface area contributed by atoms with E-state index in [1.165, 1.54) is 0 Å². The number of benzene rings is 5. The highest BCUT2D eigenvalue weighted by Gasteiger charge is 2.24. The molecular formula is C26H10N4. The Labute approximate surface area is 171 Å². The van der Waals surface area contributed by atoms with Crippen LogP contribution in [-0.4, -0.2) is 0 Å². The van der Waals surface area contributed by atoms with Crippen LogP contribution in [0.3, 0.4) is 0 Å². The minimum atomic E-state index is -0.0474. The predicted octanol–water partition coefficient (Wildman–Crippen LogP) is 5.79. The van der Waals surface area contributed by atoms with Crippen molar-refractivity contribution >= 4 is 43.1 Å². The molecule has 0 unspecified atom stereocenters. The van der Waals surface area contributed by atoms with Crippen LogP contribution in [0.2, 0.25) is 0 Å². The fourth-order valence-corrected chi connectivity index (χ4v) is 4.43. The van der Waals surface area contributed by atoms with Crippen LogP contribution >= 0.6 is 0 Å². The first-order valence-electron chi connectivity index (χ1n) is 9.21. The van der Waals surface area contributed by atoms with Crippen LogP contribution in [0, 0.1) is 45.3 Å². The van der Waals surface area contributed by atoms with Crippen molar-refractivity contribution in [3.05, 3.63) is 82.9 Å². The summed E-state index contributed by atoms with van der Waals surface area (Å²) in [6.45, 7) is 0. The van der Waals surface area contributed by atoms with Gasteiger partial charge in [-0.15, -0.1) is 0 Å². The van der Waals surface area contributed by atoms with E-state index in [-0.39, 0.29) is 22.3 Å². The van der Waals surface area contributed by atoms with Crippen molar-refractivity contribution in [2.75, 3.05) is 0 Å². The van der Waals surface area contributed by atoms with Crippen molar-refractivity contribution in [2.45, 2.75) is 0 Å². The van der Waals surface area contributed by atoms with Crippen LogP contribution < -0.4 is 0 Å². The smallest absolute Gasteiger partial charge is 0.102 e. The lowest BCUT2D eigenvalue weighted by Gasteiger charge is -2.16. The predicted molar refractivity (Wildman–Crippen MR) is 115 cm³/mol. The summed E-state index contributed by atoms with van der Waals surface area (Å²) < 4.78 is 0. The molecule has 0 saturated carbocycles. The summed E-state index contributed by atoms with van der Waals surface area (Å²) in [5.41, 5.74) is 0.173. The van der Waals surface area contributed by atoms with E-state index in [9.17, 15) is 21.0 Å². The average Bonchev–Trinajstić information content (AvgIpc) is 2.81. The van der Waals surface area contributed by atoms with E-state index in [1.54, 1.807) is 0 Å². The Morgan fingerprint density at radius 2 is 0.867 bits per heavy atom. The van der Waals surface area contributed by atoms with Crippen molar-refractivity contribution in [1.82, 2.24) is 0 Å². The minimum Gasteiger partial charge on any atom is -0.192 e. The monoisotopic (exact) mass is 378 g/mol. The number of fused-ring (bicyclic) bond motifs is 8. The van der Waals surface area contributed by atoms with Crippen LogP contribution in [0.1, 0.15) is 22.3 Å². The molecule has 0 spiro atoms. The molecule has 5 rings (SSSR count). The average molecular weight is 378 g/mol. The number of nitriles is 4. The first-order valence-corrected chi connectivity index (χ1v) is 9.21. The molecule has 0 radical (unpaired) electrons. The molecule has 0 bridgehead atoms. The topological polar surface area (TPSA) is 95.2 Å². The third-order valence-corrected chi connectivity index (χ3v) is 5.61. The summed E-state index contributed by atoms with van der Waals surface area (Å²) in [5.74, 6) is 0. The molecule has 4 heteroatoms. The largest absolute Gasteiger partial charge is 0.192 e. The van der Waals surface area contributed by atoms with E-state index in [1.807, 2.05) is 72.8 Å². The van der Waals surface area contributed by atoms with Gasteiger partial charge < -0.3 is 0 Å². The van der Waals surface area contributed by atoms with Gasteiger partial charge >= 0.3 is 0 Å². The van der Waals surface area contributed by atoms with Crippen LogP contribution in [0.4, 0.5) is 0 Å². The highest BCUT2D eigenvalue weighted by atomic mass is 14.4. The lowest BCUT2D eigenvalue weighted by Crippen LogP contribution is -1.99. The van der Waals surface area contributed by atoms with Gasteiger partial charge in [-0.25, -0.2) is 0 Å². The lowest BCUT2D eigenvalue weighted by molar-refractivity contribution is 1.40. The van der Waals surface area contributed by atoms with Crippen molar-refractivity contribution < 1.29 is 0 Å². The second-order valence-corrected chi connectivity index (χ2v) is 6.95. The van der Waals surface area contributed by atoms with Crippen molar-refractivity contribution in [3.8, 4) is 24.3 Å². The van der Waals surface area contributed by atoms with Crippen LogP contribution in [-0.2, 0) is 0 Å². The zero-order chi connectivity index (χ0) is 20.8. The van der Waals surface area contributed by atoms with Gasteiger partial charge in [-0.3, -0.25) is 0 Å². The Morgan fingerprint density at radius 3 is 1.43 bits per heavy atom. The van der Waals surface area contributed by atoms with Gasteiger partial charge in [0.05, 0.1) is 22.3 Å². The first kappa shape index (κ1) is 17.2. The van der Waals surface area contributed by atoms with Crippen LogP contribution in [0.5, 0.6) is 0 Å². The first-order chi connectivity index (χ1) is 14.7. The second-order valence-electron chi connectivity index (χ2n) is 6.95. The highest BCUT2D eigenvalue weighted by molar-refractivity contribution is 6.33. The normalized spacial score (nSPS) is 10.5. The molecule has 5 aromatic rings. The number of hydrogen-bond donors (Lipinski definition) is 0. The molecule has 0 atom stereocenters. The molecule has 30 heavy (non-hydrogen) atoms. The Bertz CT molecular complexity index is 1730. The second kappa shape index (κ2) is 6.32. The van der Waals surface area contributed by atoms with E-state index >= 15 is 0 Å². The molecule has 0 heterocycles. The van der Waals surface area contributed by atoms with Crippen molar-refractivity contribution in [3.63, 3.8) is 0 Å². The number of hydrogen-bond acceptors (Lipinski definition) is 4. The van der Waals surface area contributed by atoms with E-state index in [2.05, 4.69) is 12.1 Å². The molecule has 0 amide bonds. The Kier molecular flexibility index (Phi) is 3.63.